The van der Waals surface area contributed by atoms with Gasteiger partial charge in [0.25, 0.3) is 0 Å². The first-order valence-corrected chi connectivity index (χ1v) is 7.40. The Hall–Kier alpha value is -0.480. The van der Waals surface area contributed by atoms with Gasteiger partial charge in [-0.15, -0.1) is 0 Å². The Bertz CT molecular complexity index is 212. The Morgan fingerprint density at radius 2 is 1.89 bits per heavy atom. The third-order valence-corrected chi connectivity index (χ3v) is 3.30. The predicted molar refractivity (Wildman–Crippen MR) is 77.3 cm³/mol. The van der Waals surface area contributed by atoms with Crippen molar-refractivity contribution in [3.8, 4) is 0 Å². The van der Waals surface area contributed by atoms with Crippen molar-refractivity contribution in [1.82, 2.24) is 4.90 Å². The van der Waals surface area contributed by atoms with E-state index >= 15 is 0 Å². The molecule has 1 aliphatic heterocycles. The number of hydrogen-bond acceptors (Lipinski definition) is 3. The predicted octanol–water partition coefficient (Wildman–Crippen LogP) is 3.22. The number of piperidine rings is 1. The lowest BCUT2D eigenvalue weighted by molar-refractivity contribution is -0.108. The van der Waals surface area contributed by atoms with Crippen LogP contribution >= 0.6 is 0 Å². The Balaban J connectivity index is 0.000000342. The van der Waals surface area contributed by atoms with Gasteiger partial charge in [0.05, 0.1) is 6.61 Å². The minimum absolute atomic E-state index is 0.534. The molecule has 3 nitrogen and oxygen atoms in total. The number of nitrogens with zero attached hydrogens (tertiary/aromatic N) is 1. The van der Waals surface area contributed by atoms with Crippen LogP contribution < -0.4 is 0 Å². The molecule has 0 spiro atoms. The molecule has 0 unspecified atom stereocenters. The lowest BCUT2D eigenvalue weighted by Gasteiger charge is -2.31. The van der Waals surface area contributed by atoms with Gasteiger partial charge in [0.1, 0.15) is 12.0 Å². The summed E-state index contributed by atoms with van der Waals surface area (Å²) in [5.41, 5.74) is -0.882. The van der Waals surface area contributed by atoms with Crippen molar-refractivity contribution in [2.45, 2.75) is 58.0 Å². The number of likely N-dealkylation sites (tertiary alicyclic amines) is 1. The standard InChI is InChI=1S/C8H16O2.C7H14FN/c1-2-3-4-7-10-8-5-6-9;1-7(8)3-5-9(2)6-4-7/h6H,2-5,7-8H2,1H3;3-6H2,1-2H3. The molecule has 0 saturated carbocycles. The lowest BCUT2D eigenvalue weighted by Crippen LogP contribution is -2.37. The summed E-state index contributed by atoms with van der Waals surface area (Å²) in [4.78, 5) is 12.0. The molecule has 0 N–H and O–H groups in total. The molecule has 114 valence electrons. The summed E-state index contributed by atoms with van der Waals surface area (Å²) >= 11 is 0. The van der Waals surface area contributed by atoms with E-state index in [1.54, 1.807) is 6.92 Å². The average molecular weight is 275 g/mol. The van der Waals surface area contributed by atoms with Crippen LogP contribution in [0.15, 0.2) is 0 Å². The molecular formula is C15H30FNO2. The first kappa shape index (κ1) is 18.5. The van der Waals surface area contributed by atoms with E-state index in [1.165, 1.54) is 12.8 Å². The number of alkyl halides is 1. The number of rotatable bonds is 7. The number of unbranched alkanes of at least 4 members (excludes halogenated alkanes) is 2. The van der Waals surface area contributed by atoms with Crippen LogP contribution in [0.25, 0.3) is 0 Å². The molecule has 0 aromatic rings. The molecule has 0 aromatic carbocycles. The van der Waals surface area contributed by atoms with Crippen molar-refractivity contribution in [2.75, 3.05) is 33.4 Å². The first-order valence-electron chi connectivity index (χ1n) is 7.40. The van der Waals surface area contributed by atoms with Crippen LogP contribution in [0.5, 0.6) is 0 Å². The van der Waals surface area contributed by atoms with Crippen molar-refractivity contribution in [3.05, 3.63) is 0 Å². The highest BCUT2D eigenvalue weighted by Gasteiger charge is 2.27. The normalized spacial score (nSPS) is 18.5. The van der Waals surface area contributed by atoms with Crippen molar-refractivity contribution < 1.29 is 13.9 Å². The number of carbonyl (C=O) groups excluding carboxylic acids is 1. The smallest absolute Gasteiger partial charge is 0.122 e. The molecule has 0 aliphatic carbocycles. The number of carbonyl (C=O) groups is 1. The van der Waals surface area contributed by atoms with Gasteiger partial charge in [0.2, 0.25) is 0 Å². The molecule has 1 aliphatic rings. The maximum absolute atomic E-state index is 13.0. The van der Waals surface area contributed by atoms with E-state index in [2.05, 4.69) is 11.8 Å². The zero-order valence-corrected chi connectivity index (χ0v) is 12.8. The SMILES string of the molecule is CCCCCOCCC=O.CN1CCC(C)(F)CC1. The minimum atomic E-state index is -0.882. The fourth-order valence-corrected chi connectivity index (χ4v) is 1.77. The molecule has 0 atom stereocenters. The highest BCUT2D eigenvalue weighted by Crippen LogP contribution is 2.24. The highest BCUT2D eigenvalue weighted by molar-refractivity contribution is 5.49. The van der Waals surface area contributed by atoms with E-state index in [0.29, 0.717) is 25.9 Å². The number of aldehydes is 1. The Morgan fingerprint density at radius 3 is 2.37 bits per heavy atom. The second-order valence-electron chi connectivity index (χ2n) is 5.49. The molecule has 0 aromatic heterocycles. The highest BCUT2D eigenvalue weighted by atomic mass is 19.1. The maximum Gasteiger partial charge on any atom is 0.122 e. The molecule has 1 fully saturated rings. The third kappa shape index (κ3) is 12.3. The van der Waals surface area contributed by atoms with Gasteiger partial charge in [-0.05, 0) is 33.2 Å². The van der Waals surface area contributed by atoms with Crippen LogP contribution in [0, 0.1) is 0 Å². The summed E-state index contributed by atoms with van der Waals surface area (Å²) in [6.07, 6.45) is 6.38. The zero-order valence-electron chi connectivity index (χ0n) is 12.8. The largest absolute Gasteiger partial charge is 0.381 e. The summed E-state index contributed by atoms with van der Waals surface area (Å²) < 4.78 is 18.2. The minimum Gasteiger partial charge on any atom is -0.381 e. The van der Waals surface area contributed by atoms with E-state index in [9.17, 15) is 9.18 Å². The van der Waals surface area contributed by atoms with E-state index in [0.717, 1.165) is 32.4 Å². The van der Waals surface area contributed by atoms with E-state index in [-0.39, 0.29) is 0 Å². The summed E-state index contributed by atoms with van der Waals surface area (Å²) in [5, 5.41) is 0. The molecule has 0 amide bonds. The Labute approximate surface area is 117 Å². The van der Waals surface area contributed by atoms with Crippen molar-refractivity contribution >= 4 is 6.29 Å². The van der Waals surface area contributed by atoms with Gasteiger partial charge in [0, 0.05) is 26.1 Å². The van der Waals surface area contributed by atoms with Crippen LogP contribution in [0.2, 0.25) is 0 Å². The van der Waals surface area contributed by atoms with Crippen molar-refractivity contribution in [2.24, 2.45) is 0 Å². The second kappa shape index (κ2) is 11.4. The van der Waals surface area contributed by atoms with Crippen LogP contribution in [0.4, 0.5) is 4.39 Å². The monoisotopic (exact) mass is 275 g/mol. The van der Waals surface area contributed by atoms with Gasteiger partial charge < -0.3 is 14.4 Å². The van der Waals surface area contributed by atoms with Crippen LogP contribution in [0.1, 0.15) is 52.4 Å². The van der Waals surface area contributed by atoms with Crippen LogP contribution in [-0.2, 0) is 9.53 Å². The molecule has 19 heavy (non-hydrogen) atoms. The van der Waals surface area contributed by atoms with E-state index < -0.39 is 5.67 Å². The summed E-state index contributed by atoms with van der Waals surface area (Å²) in [5.74, 6) is 0. The number of halogens is 1. The lowest BCUT2D eigenvalue weighted by atomic mass is 9.96. The van der Waals surface area contributed by atoms with Gasteiger partial charge in [-0.2, -0.15) is 0 Å². The molecule has 1 rings (SSSR count). The van der Waals surface area contributed by atoms with Crippen LogP contribution in [-0.4, -0.2) is 50.2 Å². The maximum atomic E-state index is 13.0. The van der Waals surface area contributed by atoms with E-state index in [4.69, 9.17) is 4.74 Å². The summed E-state index contributed by atoms with van der Waals surface area (Å²) in [6, 6.07) is 0. The molecule has 1 saturated heterocycles. The average Bonchev–Trinajstić information content (AvgIpc) is 2.38. The quantitative estimate of drug-likeness (QED) is 0.528. The van der Waals surface area contributed by atoms with Gasteiger partial charge in [-0.25, -0.2) is 4.39 Å². The topological polar surface area (TPSA) is 29.5 Å². The van der Waals surface area contributed by atoms with Crippen LogP contribution in [0.3, 0.4) is 0 Å². The Kier molecular flexibility index (Phi) is 11.1. The molecule has 0 radical (unpaired) electrons. The third-order valence-electron chi connectivity index (χ3n) is 3.30. The fraction of sp³-hybridized carbons (Fsp3) is 0.933. The molecule has 1 heterocycles. The van der Waals surface area contributed by atoms with Crippen molar-refractivity contribution in [1.29, 1.82) is 0 Å². The van der Waals surface area contributed by atoms with E-state index in [1.807, 2.05) is 7.05 Å². The number of ether oxygens (including phenoxy) is 1. The van der Waals surface area contributed by atoms with Crippen molar-refractivity contribution in [3.63, 3.8) is 0 Å². The molecule has 0 bridgehead atoms. The Morgan fingerprint density at radius 1 is 1.26 bits per heavy atom. The first-order chi connectivity index (χ1) is 9.02. The zero-order chi connectivity index (χ0) is 14.6. The summed E-state index contributed by atoms with van der Waals surface area (Å²) in [7, 11) is 2.04. The van der Waals surface area contributed by atoms with Gasteiger partial charge >= 0.3 is 0 Å². The molecular weight excluding hydrogens is 245 g/mol. The van der Waals surface area contributed by atoms with Gasteiger partial charge in [-0.3, -0.25) is 0 Å². The number of hydrogen-bond donors (Lipinski definition) is 0. The second-order valence-corrected chi connectivity index (χ2v) is 5.49. The molecule has 4 heteroatoms. The summed E-state index contributed by atoms with van der Waals surface area (Å²) in [6.45, 7) is 7.07. The fourth-order valence-electron chi connectivity index (χ4n) is 1.77. The van der Waals surface area contributed by atoms with Gasteiger partial charge in [-0.1, -0.05) is 19.8 Å². The van der Waals surface area contributed by atoms with Gasteiger partial charge in [0.15, 0.2) is 0 Å².